The summed E-state index contributed by atoms with van der Waals surface area (Å²) in [5.41, 5.74) is -0.716. The maximum atomic E-state index is 13.4. The lowest BCUT2D eigenvalue weighted by Gasteiger charge is -2.32. The predicted molar refractivity (Wildman–Crippen MR) is 81.1 cm³/mol. The highest BCUT2D eigenvalue weighted by molar-refractivity contribution is 14.1. The van der Waals surface area contributed by atoms with Crippen molar-refractivity contribution in [2.75, 3.05) is 0 Å². The first kappa shape index (κ1) is 15.3. The molecule has 114 valence electrons. The van der Waals surface area contributed by atoms with Crippen LogP contribution in [-0.4, -0.2) is 24.6 Å². The summed E-state index contributed by atoms with van der Waals surface area (Å²) in [6.07, 6.45) is -3.66. The number of hydrogen-bond donors (Lipinski definition) is 0. The van der Waals surface area contributed by atoms with Gasteiger partial charge in [0, 0.05) is 5.46 Å². The SMILES string of the molecule is CC1(C)OB(c2ccc(I)c3c2OC(F)(F)O3)OC1(C)C. The van der Waals surface area contributed by atoms with Crippen molar-refractivity contribution in [3.05, 3.63) is 15.7 Å². The summed E-state index contributed by atoms with van der Waals surface area (Å²) in [7, 11) is -0.779. The van der Waals surface area contributed by atoms with E-state index >= 15 is 0 Å². The first-order valence-electron chi connectivity index (χ1n) is 6.46. The molecule has 3 rings (SSSR count). The Morgan fingerprint density at radius 2 is 1.48 bits per heavy atom. The fourth-order valence-electron chi connectivity index (χ4n) is 2.17. The van der Waals surface area contributed by atoms with Crippen LogP contribution in [0.5, 0.6) is 11.5 Å². The van der Waals surface area contributed by atoms with E-state index in [4.69, 9.17) is 9.31 Å². The first-order valence-corrected chi connectivity index (χ1v) is 7.54. The van der Waals surface area contributed by atoms with Crippen LogP contribution in [0.1, 0.15) is 27.7 Å². The van der Waals surface area contributed by atoms with Gasteiger partial charge in [-0.3, -0.25) is 0 Å². The van der Waals surface area contributed by atoms with E-state index < -0.39 is 24.6 Å². The molecule has 0 aromatic heterocycles. The molecule has 0 atom stereocenters. The Hall–Kier alpha value is -0.605. The Bertz CT molecular complexity index is 590. The Morgan fingerprint density at radius 1 is 0.952 bits per heavy atom. The summed E-state index contributed by atoms with van der Waals surface area (Å²) >= 11 is 1.92. The lowest BCUT2D eigenvalue weighted by molar-refractivity contribution is -0.286. The molecule has 4 nitrogen and oxygen atoms in total. The van der Waals surface area contributed by atoms with Gasteiger partial charge in [0.05, 0.1) is 14.8 Å². The molecule has 0 bridgehead atoms. The number of rotatable bonds is 1. The molecule has 0 N–H and O–H groups in total. The number of benzene rings is 1. The molecule has 2 heterocycles. The standard InChI is InChI=1S/C13H14BF2IO4/c1-11(2)12(3,4)21-14(20-11)7-5-6-8(17)10-9(7)18-13(15,16)19-10/h5-6H,1-4H3. The normalized spacial score (nSPS) is 24.4. The molecule has 21 heavy (non-hydrogen) atoms. The zero-order chi connectivity index (χ0) is 15.6. The van der Waals surface area contributed by atoms with Gasteiger partial charge in [0.15, 0.2) is 11.5 Å². The van der Waals surface area contributed by atoms with Crippen molar-refractivity contribution < 1.29 is 27.6 Å². The van der Waals surface area contributed by atoms with E-state index in [9.17, 15) is 8.78 Å². The number of hydrogen-bond acceptors (Lipinski definition) is 4. The molecular weight excluding hydrogens is 396 g/mol. The molecule has 0 aliphatic carbocycles. The van der Waals surface area contributed by atoms with E-state index in [2.05, 4.69) is 9.47 Å². The fourth-order valence-corrected chi connectivity index (χ4v) is 2.70. The smallest absolute Gasteiger partial charge is 0.399 e. The molecule has 0 radical (unpaired) electrons. The highest BCUT2D eigenvalue weighted by atomic mass is 127. The molecule has 8 heteroatoms. The summed E-state index contributed by atoms with van der Waals surface area (Å²) in [6.45, 7) is 7.58. The first-order chi connectivity index (χ1) is 9.52. The monoisotopic (exact) mass is 410 g/mol. The highest BCUT2D eigenvalue weighted by Crippen LogP contribution is 2.44. The predicted octanol–water partition coefficient (Wildman–Crippen LogP) is 2.91. The van der Waals surface area contributed by atoms with Crippen LogP contribution in [0.3, 0.4) is 0 Å². The minimum atomic E-state index is -3.66. The minimum Gasteiger partial charge on any atom is -0.399 e. The number of ether oxygens (including phenoxy) is 2. The van der Waals surface area contributed by atoms with E-state index in [0.29, 0.717) is 9.03 Å². The second-order valence-corrected chi connectivity index (χ2v) is 7.21. The van der Waals surface area contributed by atoms with Crippen LogP contribution >= 0.6 is 22.6 Å². The molecule has 1 saturated heterocycles. The third-order valence-electron chi connectivity index (χ3n) is 4.04. The van der Waals surface area contributed by atoms with Crippen molar-refractivity contribution in [3.63, 3.8) is 0 Å². The van der Waals surface area contributed by atoms with Crippen LogP contribution in [0.25, 0.3) is 0 Å². The molecule has 2 aliphatic rings. The Morgan fingerprint density at radius 3 is 2.05 bits per heavy atom. The Balaban J connectivity index is 2.02. The molecule has 1 aromatic rings. The average molecular weight is 410 g/mol. The third kappa shape index (κ3) is 2.41. The topological polar surface area (TPSA) is 36.9 Å². The molecule has 1 fully saturated rings. The van der Waals surface area contributed by atoms with Gasteiger partial charge in [-0.1, -0.05) is 6.07 Å². The van der Waals surface area contributed by atoms with Gasteiger partial charge in [-0.25, -0.2) is 0 Å². The molecule has 2 aliphatic heterocycles. The van der Waals surface area contributed by atoms with Gasteiger partial charge in [-0.2, -0.15) is 0 Å². The molecule has 0 unspecified atom stereocenters. The van der Waals surface area contributed by atoms with Gasteiger partial charge in [0.25, 0.3) is 0 Å². The largest absolute Gasteiger partial charge is 0.586 e. The van der Waals surface area contributed by atoms with Gasteiger partial charge in [0.1, 0.15) is 0 Å². The van der Waals surface area contributed by atoms with Crippen LogP contribution in [0.15, 0.2) is 12.1 Å². The van der Waals surface area contributed by atoms with E-state index in [0.717, 1.165) is 0 Å². The van der Waals surface area contributed by atoms with Gasteiger partial charge in [-0.15, -0.1) is 8.78 Å². The molecule has 0 saturated carbocycles. The van der Waals surface area contributed by atoms with Crippen molar-refractivity contribution in [1.29, 1.82) is 0 Å². The summed E-state index contributed by atoms with van der Waals surface area (Å²) in [5, 5.41) is 0. The van der Waals surface area contributed by atoms with Crippen LogP contribution in [0, 0.1) is 3.57 Å². The van der Waals surface area contributed by atoms with Gasteiger partial charge >= 0.3 is 13.4 Å². The summed E-state index contributed by atoms with van der Waals surface area (Å²) in [6, 6.07) is 3.33. The zero-order valence-electron chi connectivity index (χ0n) is 12.0. The second-order valence-electron chi connectivity index (χ2n) is 6.05. The van der Waals surface area contributed by atoms with Gasteiger partial charge in [0.2, 0.25) is 0 Å². The molecule has 1 aromatic carbocycles. The van der Waals surface area contributed by atoms with Crippen molar-refractivity contribution in [1.82, 2.24) is 0 Å². The van der Waals surface area contributed by atoms with Crippen LogP contribution in [-0.2, 0) is 9.31 Å². The summed E-state index contributed by atoms with van der Waals surface area (Å²) < 4.78 is 48.2. The Labute approximate surface area is 135 Å². The van der Waals surface area contributed by atoms with E-state index in [1.807, 2.05) is 50.3 Å². The van der Waals surface area contributed by atoms with Crippen molar-refractivity contribution in [2.24, 2.45) is 0 Å². The maximum Gasteiger partial charge on any atom is 0.586 e. The molecule has 0 amide bonds. The Kier molecular flexibility index (Phi) is 3.24. The average Bonchev–Trinajstić information content (AvgIpc) is 2.73. The number of fused-ring (bicyclic) bond motifs is 1. The van der Waals surface area contributed by atoms with E-state index in [1.165, 1.54) is 0 Å². The van der Waals surface area contributed by atoms with Crippen molar-refractivity contribution >= 4 is 35.2 Å². The van der Waals surface area contributed by atoms with Crippen molar-refractivity contribution in [3.8, 4) is 11.5 Å². The lowest BCUT2D eigenvalue weighted by atomic mass is 9.78. The van der Waals surface area contributed by atoms with Crippen LogP contribution in [0.2, 0.25) is 0 Å². The van der Waals surface area contributed by atoms with Crippen LogP contribution < -0.4 is 14.9 Å². The zero-order valence-corrected chi connectivity index (χ0v) is 14.2. The van der Waals surface area contributed by atoms with Crippen molar-refractivity contribution in [2.45, 2.75) is 45.2 Å². The highest BCUT2D eigenvalue weighted by Gasteiger charge is 2.55. The maximum absolute atomic E-state index is 13.4. The van der Waals surface area contributed by atoms with E-state index in [-0.39, 0.29) is 11.5 Å². The third-order valence-corrected chi connectivity index (χ3v) is 4.89. The molecule has 0 spiro atoms. The van der Waals surface area contributed by atoms with Crippen LogP contribution in [0.4, 0.5) is 8.78 Å². The minimum absolute atomic E-state index is 0.0211. The summed E-state index contributed by atoms with van der Waals surface area (Å²) in [4.78, 5) is 0. The van der Waals surface area contributed by atoms with Gasteiger partial charge in [-0.05, 0) is 56.4 Å². The number of halogens is 3. The quantitative estimate of drug-likeness (QED) is 0.528. The number of alkyl halides is 2. The lowest BCUT2D eigenvalue weighted by Crippen LogP contribution is -2.41. The van der Waals surface area contributed by atoms with Gasteiger partial charge < -0.3 is 18.8 Å². The summed E-state index contributed by atoms with van der Waals surface area (Å²) in [5.74, 6) is -0.00166. The fraction of sp³-hybridized carbons (Fsp3) is 0.538. The van der Waals surface area contributed by atoms with E-state index in [1.54, 1.807) is 12.1 Å². The molecular formula is C13H14BF2IO4. The second kappa shape index (κ2) is 4.45.